The van der Waals surface area contributed by atoms with Gasteiger partial charge in [-0.3, -0.25) is 14.8 Å². The van der Waals surface area contributed by atoms with Crippen LogP contribution in [0.15, 0.2) is 12.4 Å². The van der Waals surface area contributed by atoms with Crippen LogP contribution < -0.4 is 11.1 Å². The van der Waals surface area contributed by atoms with E-state index < -0.39 is 6.04 Å². The minimum absolute atomic E-state index is 0.202. The molecule has 5 nitrogen and oxygen atoms in total. The second-order valence-corrected chi connectivity index (χ2v) is 3.60. The van der Waals surface area contributed by atoms with Crippen molar-refractivity contribution < 1.29 is 4.79 Å². The van der Waals surface area contributed by atoms with Crippen molar-refractivity contribution in [2.45, 2.75) is 25.9 Å². The van der Waals surface area contributed by atoms with Crippen LogP contribution in [0.5, 0.6) is 0 Å². The van der Waals surface area contributed by atoms with Crippen LogP contribution in [-0.2, 0) is 11.8 Å². The summed E-state index contributed by atoms with van der Waals surface area (Å²) < 4.78 is 1.65. The van der Waals surface area contributed by atoms with Crippen molar-refractivity contribution >= 4 is 5.91 Å². The molecule has 0 aliphatic rings. The second-order valence-electron chi connectivity index (χ2n) is 3.60. The first-order valence-electron chi connectivity index (χ1n) is 4.54. The highest BCUT2D eigenvalue weighted by atomic mass is 16.1. The molecule has 3 N–H and O–H groups in total. The number of hydrogen-bond donors (Lipinski definition) is 2. The van der Waals surface area contributed by atoms with Crippen molar-refractivity contribution in [1.82, 2.24) is 15.1 Å². The molecule has 0 bridgehead atoms. The minimum atomic E-state index is -0.455. The van der Waals surface area contributed by atoms with Crippen LogP contribution in [0.3, 0.4) is 0 Å². The lowest BCUT2D eigenvalue weighted by Gasteiger charge is -2.16. The number of aromatic nitrogens is 2. The Kier molecular flexibility index (Phi) is 3.24. The lowest BCUT2D eigenvalue weighted by Crippen LogP contribution is -2.37. The number of primary amides is 1. The number of nitrogens with two attached hydrogens (primary N) is 1. The highest BCUT2D eigenvalue weighted by Crippen LogP contribution is 2.11. The number of carbonyl (C=O) groups is 1. The number of rotatable bonds is 4. The van der Waals surface area contributed by atoms with E-state index in [-0.39, 0.29) is 11.9 Å². The molecule has 1 heterocycles. The largest absolute Gasteiger partial charge is 0.368 e. The topological polar surface area (TPSA) is 72.9 Å². The zero-order chi connectivity index (χ0) is 10.7. The zero-order valence-electron chi connectivity index (χ0n) is 8.69. The average molecular weight is 196 g/mol. The first-order valence-corrected chi connectivity index (χ1v) is 4.54. The second kappa shape index (κ2) is 4.23. The number of hydrogen-bond acceptors (Lipinski definition) is 3. The van der Waals surface area contributed by atoms with Gasteiger partial charge in [-0.05, 0) is 13.8 Å². The van der Waals surface area contributed by atoms with Crippen molar-refractivity contribution in [2.24, 2.45) is 12.8 Å². The molecule has 1 aromatic heterocycles. The van der Waals surface area contributed by atoms with E-state index in [4.69, 9.17) is 5.73 Å². The molecule has 0 aliphatic carbocycles. The standard InChI is InChI=1S/C9H16N4O/c1-6(2)12-8(9(10)14)7-4-11-13(3)5-7/h4-6,8,12H,1-3H3,(H2,10,14). The summed E-state index contributed by atoms with van der Waals surface area (Å²) in [5.41, 5.74) is 6.09. The zero-order valence-corrected chi connectivity index (χ0v) is 8.69. The van der Waals surface area contributed by atoms with Crippen molar-refractivity contribution in [3.05, 3.63) is 18.0 Å². The maximum atomic E-state index is 11.2. The fourth-order valence-corrected chi connectivity index (χ4v) is 1.27. The van der Waals surface area contributed by atoms with Crippen molar-refractivity contribution in [1.29, 1.82) is 0 Å². The molecule has 0 spiro atoms. The summed E-state index contributed by atoms with van der Waals surface area (Å²) in [6.45, 7) is 3.93. The number of carbonyl (C=O) groups excluding carboxylic acids is 1. The molecule has 78 valence electrons. The fraction of sp³-hybridized carbons (Fsp3) is 0.556. The van der Waals surface area contributed by atoms with Gasteiger partial charge in [0.1, 0.15) is 6.04 Å². The molecule has 0 aromatic carbocycles. The van der Waals surface area contributed by atoms with E-state index in [1.165, 1.54) is 0 Å². The van der Waals surface area contributed by atoms with E-state index in [0.29, 0.717) is 0 Å². The van der Waals surface area contributed by atoms with Crippen LogP contribution in [-0.4, -0.2) is 21.7 Å². The van der Waals surface area contributed by atoms with Gasteiger partial charge >= 0.3 is 0 Å². The molecule has 1 rings (SSSR count). The number of nitrogens with one attached hydrogen (secondary N) is 1. The van der Waals surface area contributed by atoms with E-state index >= 15 is 0 Å². The van der Waals surface area contributed by atoms with Gasteiger partial charge in [0.05, 0.1) is 6.20 Å². The van der Waals surface area contributed by atoms with Crippen LogP contribution in [0.2, 0.25) is 0 Å². The third-order valence-corrected chi connectivity index (χ3v) is 1.84. The molecule has 0 fully saturated rings. The van der Waals surface area contributed by atoms with Gasteiger partial charge in [0.15, 0.2) is 0 Å². The Balaban J connectivity index is 2.83. The summed E-state index contributed by atoms with van der Waals surface area (Å²) in [5.74, 6) is -0.383. The molecule has 14 heavy (non-hydrogen) atoms. The third-order valence-electron chi connectivity index (χ3n) is 1.84. The summed E-state index contributed by atoms with van der Waals surface area (Å²) in [6, 6.07) is -0.253. The molecule has 1 atom stereocenters. The van der Waals surface area contributed by atoms with E-state index in [1.54, 1.807) is 24.1 Å². The third kappa shape index (κ3) is 2.56. The van der Waals surface area contributed by atoms with Crippen LogP contribution in [0, 0.1) is 0 Å². The quantitative estimate of drug-likeness (QED) is 0.708. The maximum absolute atomic E-state index is 11.2. The van der Waals surface area contributed by atoms with Crippen LogP contribution in [0.4, 0.5) is 0 Å². The maximum Gasteiger partial charge on any atom is 0.239 e. The Bertz CT molecular complexity index is 318. The van der Waals surface area contributed by atoms with Gasteiger partial charge < -0.3 is 5.73 Å². The molecule has 0 saturated carbocycles. The molecular weight excluding hydrogens is 180 g/mol. The van der Waals surface area contributed by atoms with Crippen LogP contribution in [0.1, 0.15) is 25.5 Å². The van der Waals surface area contributed by atoms with Crippen molar-refractivity contribution in [2.75, 3.05) is 0 Å². The Morgan fingerprint density at radius 3 is 2.64 bits per heavy atom. The summed E-state index contributed by atoms with van der Waals surface area (Å²) in [6.07, 6.45) is 3.43. The van der Waals surface area contributed by atoms with E-state index in [0.717, 1.165) is 5.56 Å². The fourth-order valence-electron chi connectivity index (χ4n) is 1.27. The molecule has 0 saturated heterocycles. The van der Waals surface area contributed by atoms with Crippen LogP contribution >= 0.6 is 0 Å². The van der Waals surface area contributed by atoms with Crippen LogP contribution in [0.25, 0.3) is 0 Å². The van der Waals surface area contributed by atoms with E-state index in [9.17, 15) is 4.79 Å². The highest BCUT2D eigenvalue weighted by Gasteiger charge is 2.19. The molecule has 5 heteroatoms. The molecule has 1 amide bonds. The van der Waals surface area contributed by atoms with Gasteiger partial charge in [-0.2, -0.15) is 5.10 Å². The van der Waals surface area contributed by atoms with E-state index in [2.05, 4.69) is 10.4 Å². The van der Waals surface area contributed by atoms with Gasteiger partial charge in [0, 0.05) is 24.8 Å². The normalized spacial score (nSPS) is 13.1. The predicted octanol–water partition coefficient (Wildman–Crippen LogP) is -0.0555. The van der Waals surface area contributed by atoms with Gasteiger partial charge in [-0.25, -0.2) is 0 Å². The summed E-state index contributed by atoms with van der Waals surface area (Å²) >= 11 is 0. The smallest absolute Gasteiger partial charge is 0.239 e. The van der Waals surface area contributed by atoms with Crippen molar-refractivity contribution in [3.63, 3.8) is 0 Å². The SMILES string of the molecule is CC(C)NC(C(N)=O)c1cnn(C)c1. The lowest BCUT2D eigenvalue weighted by atomic mass is 10.1. The predicted molar refractivity (Wildman–Crippen MR) is 53.4 cm³/mol. The van der Waals surface area contributed by atoms with Gasteiger partial charge in [0.2, 0.25) is 5.91 Å². The molecular formula is C9H16N4O. The van der Waals surface area contributed by atoms with E-state index in [1.807, 2.05) is 13.8 Å². The van der Waals surface area contributed by atoms with Gasteiger partial charge in [-0.1, -0.05) is 0 Å². The Labute approximate surface area is 83.3 Å². The first-order chi connectivity index (χ1) is 6.50. The minimum Gasteiger partial charge on any atom is -0.368 e. The number of nitrogens with zero attached hydrogens (tertiary/aromatic N) is 2. The summed E-state index contributed by atoms with van der Waals surface area (Å²) in [5, 5.41) is 7.08. The summed E-state index contributed by atoms with van der Waals surface area (Å²) in [4.78, 5) is 11.2. The first kappa shape index (κ1) is 10.7. The average Bonchev–Trinajstić information content (AvgIpc) is 2.46. The van der Waals surface area contributed by atoms with Gasteiger partial charge in [0.25, 0.3) is 0 Å². The van der Waals surface area contributed by atoms with Gasteiger partial charge in [-0.15, -0.1) is 0 Å². The molecule has 1 unspecified atom stereocenters. The van der Waals surface area contributed by atoms with Crippen molar-refractivity contribution in [3.8, 4) is 0 Å². The Morgan fingerprint density at radius 2 is 2.29 bits per heavy atom. The highest BCUT2D eigenvalue weighted by molar-refractivity contribution is 5.81. The Morgan fingerprint density at radius 1 is 1.64 bits per heavy atom. The summed E-state index contributed by atoms with van der Waals surface area (Å²) in [7, 11) is 1.80. The number of amides is 1. The molecule has 0 aliphatic heterocycles. The Hall–Kier alpha value is -1.36. The molecule has 0 radical (unpaired) electrons. The monoisotopic (exact) mass is 196 g/mol. The lowest BCUT2D eigenvalue weighted by molar-refractivity contribution is -0.120. The number of aryl methyl sites for hydroxylation is 1. The molecule has 1 aromatic rings.